The SMILES string of the molecule is O=C(O)C1CN(C(=O)CSc2cccs2)c2ccccc21. The molecule has 1 aromatic carbocycles. The minimum Gasteiger partial charge on any atom is -0.481 e. The zero-order valence-electron chi connectivity index (χ0n) is 11.1. The summed E-state index contributed by atoms with van der Waals surface area (Å²) in [4.78, 5) is 25.3. The average molecular weight is 319 g/mol. The molecule has 0 spiro atoms. The van der Waals surface area contributed by atoms with Crippen molar-refractivity contribution in [1.82, 2.24) is 0 Å². The summed E-state index contributed by atoms with van der Waals surface area (Å²) in [6.07, 6.45) is 0. The molecule has 0 radical (unpaired) electrons. The predicted molar refractivity (Wildman–Crippen MR) is 84.2 cm³/mol. The van der Waals surface area contributed by atoms with Gasteiger partial charge in [-0.25, -0.2) is 0 Å². The third-order valence-electron chi connectivity index (χ3n) is 3.40. The minimum absolute atomic E-state index is 0.0513. The number of hydrogen-bond acceptors (Lipinski definition) is 4. The molecule has 0 saturated carbocycles. The highest BCUT2D eigenvalue weighted by atomic mass is 32.2. The van der Waals surface area contributed by atoms with Crippen LogP contribution in [0, 0.1) is 0 Å². The van der Waals surface area contributed by atoms with Gasteiger partial charge in [-0.2, -0.15) is 0 Å². The zero-order valence-corrected chi connectivity index (χ0v) is 12.7. The molecule has 1 unspecified atom stereocenters. The average Bonchev–Trinajstić information content (AvgIpc) is 3.12. The lowest BCUT2D eigenvalue weighted by Crippen LogP contribution is -2.32. The lowest BCUT2D eigenvalue weighted by Gasteiger charge is -2.17. The van der Waals surface area contributed by atoms with Gasteiger partial charge in [-0.1, -0.05) is 24.3 Å². The summed E-state index contributed by atoms with van der Waals surface area (Å²) in [5, 5.41) is 11.3. The number of anilines is 1. The number of hydrogen-bond donors (Lipinski definition) is 1. The van der Waals surface area contributed by atoms with Gasteiger partial charge < -0.3 is 10.0 Å². The van der Waals surface area contributed by atoms with Crippen LogP contribution in [0.4, 0.5) is 5.69 Å². The molecule has 1 aromatic heterocycles. The van der Waals surface area contributed by atoms with Crippen LogP contribution in [-0.2, 0) is 9.59 Å². The normalized spacial score (nSPS) is 16.8. The van der Waals surface area contributed by atoms with Gasteiger partial charge in [-0.05, 0) is 23.1 Å². The molecule has 0 saturated heterocycles. The van der Waals surface area contributed by atoms with Gasteiger partial charge in [0, 0.05) is 12.2 Å². The van der Waals surface area contributed by atoms with Crippen LogP contribution in [-0.4, -0.2) is 29.3 Å². The van der Waals surface area contributed by atoms with Gasteiger partial charge in [0.15, 0.2) is 0 Å². The molecule has 3 rings (SSSR count). The lowest BCUT2D eigenvalue weighted by atomic mass is 10.0. The number of carboxylic acids is 1. The molecule has 4 nitrogen and oxygen atoms in total. The number of benzene rings is 1. The highest BCUT2D eigenvalue weighted by Crippen LogP contribution is 2.37. The summed E-state index contributed by atoms with van der Waals surface area (Å²) in [7, 11) is 0. The standard InChI is InChI=1S/C15H13NO3S2/c17-13(9-21-14-6-3-7-20-14)16-8-11(15(18)19)10-4-1-2-5-12(10)16/h1-7,11H,8-9H2,(H,18,19). The fraction of sp³-hybridized carbons (Fsp3) is 0.200. The van der Waals surface area contributed by atoms with Crippen molar-refractivity contribution >= 4 is 40.7 Å². The van der Waals surface area contributed by atoms with Gasteiger partial charge >= 0.3 is 5.97 Å². The second-order valence-electron chi connectivity index (χ2n) is 4.67. The Morgan fingerprint density at radius 2 is 2.10 bits per heavy atom. The van der Waals surface area contributed by atoms with Crippen molar-refractivity contribution in [2.24, 2.45) is 0 Å². The maximum Gasteiger partial charge on any atom is 0.312 e. The molecule has 6 heteroatoms. The highest BCUT2D eigenvalue weighted by molar-refractivity contribution is 8.01. The third-order valence-corrected chi connectivity index (χ3v) is 5.52. The van der Waals surface area contributed by atoms with Crippen LogP contribution in [0.5, 0.6) is 0 Å². The molecule has 1 amide bonds. The van der Waals surface area contributed by atoms with Crippen molar-refractivity contribution < 1.29 is 14.7 Å². The molecule has 1 N–H and O–H groups in total. The predicted octanol–water partition coefficient (Wildman–Crippen LogP) is 3.06. The van der Waals surface area contributed by atoms with Crippen LogP contribution in [0.1, 0.15) is 11.5 Å². The van der Waals surface area contributed by atoms with E-state index in [1.54, 1.807) is 22.3 Å². The van der Waals surface area contributed by atoms with E-state index in [-0.39, 0.29) is 12.5 Å². The topological polar surface area (TPSA) is 57.6 Å². The first kappa shape index (κ1) is 14.2. The van der Waals surface area contributed by atoms with Crippen LogP contribution < -0.4 is 4.90 Å². The zero-order chi connectivity index (χ0) is 14.8. The largest absolute Gasteiger partial charge is 0.481 e. The number of carbonyl (C=O) groups is 2. The maximum absolute atomic E-state index is 12.4. The molecule has 21 heavy (non-hydrogen) atoms. The fourth-order valence-electron chi connectivity index (χ4n) is 2.41. The number of amides is 1. The molecule has 1 atom stereocenters. The third kappa shape index (κ3) is 2.82. The van der Waals surface area contributed by atoms with Crippen LogP contribution in [0.2, 0.25) is 0 Å². The van der Waals surface area contributed by atoms with Crippen molar-refractivity contribution in [3.05, 3.63) is 47.3 Å². The number of nitrogens with zero attached hydrogens (tertiary/aromatic N) is 1. The van der Waals surface area contributed by atoms with E-state index in [9.17, 15) is 14.7 Å². The van der Waals surface area contributed by atoms with E-state index in [1.165, 1.54) is 11.8 Å². The molecule has 0 aliphatic carbocycles. The van der Waals surface area contributed by atoms with Crippen molar-refractivity contribution in [2.75, 3.05) is 17.2 Å². The summed E-state index contributed by atoms with van der Waals surface area (Å²) in [6.45, 7) is 0.221. The number of rotatable bonds is 4. The summed E-state index contributed by atoms with van der Waals surface area (Å²) in [5.41, 5.74) is 1.45. The van der Waals surface area contributed by atoms with Crippen LogP contribution in [0.15, 0.2) is 46.0 Å². The molecule has 1 aliphatic heterocycles. The van der Waals surface area contributed by atoms with E-state index in [4.69, 9.17) is 0 Å². The monoisotopic (exact) mass is 319 g/mol. The molecule has 2 heterocycles. The van der Waals surface area contributed by atoms with Gasteiger partial charge in [0.2, 0.25) is 5.91 Å². The molecule has 108 valence electrons. The molecule has 2 aromatic rings. The number of para-hydroxylation sites is 1. The second kappa shape index (κ2) is 5.91. The molecular weight excluding hydrogens is 306 g/mol. The van der Waals surface area contributed by atoms with Crippen LogP contribution >= 0.6 is 23.1 Å². The molecule has 0 bridgehead atoms. The number of aliphatic carboxylic acids is 1. The second-order valence-corrected chi connectivity index (χ2v) is 6.90. The first-order chi connectivity index (χ1) is 10.2. The van der Waals surface area contributed by atoms with E-state index < -0.39 is 11.9 Å². The van der Waals surface area contributed by atoms with Crippen molar-refractivity contribution in [3.8, 4) is 0 Å². The van der Waals surface area contributed by atoms with Gasteiger partial charge in [-0.3, -0.25) is 9.59 Å². The number of carbonyl (C=O) groups excluding carboxylic acids is 1. The van der Waals surface area contributed by atoms with E-state index in [0.29, 0.717) is 5.75 Å². The Bertz CT molecular complexity index is 669. The molecule has 0 fully saturated rings. The smallest absolute Gasteiger partial charge is 0.312 e. The number of carboxylic acid groups (broad SMARTS) is 1. The van der Waals surface area contributed by atoms with Gasteiger partial charge in [-0.15, -0.1) is 23.1 Å². The summed E-state index contributed by atoms with van der Waals surface area (Å²) < 4.78 is 1.09. The highest BCUT2D eigenvalue weighted by Gasteiger charge is 2.36. The first-order valence-electron chi connectivity index (χ1n) is 6.45. The summed E-state index contributed by atoms with van der Waals surface area (Å²) >= 11 is 3.08. The Balaban J connectivity index is 1.76. The minimum atomic E-state index is -0.886. The van der Waals surface area contributed by atoms with Crippen molar-refractivity contribution in [2.45, 2.75) is 10.1 Å². The lowest BCUT2D eigenvalue weighted by molar-refractivity contribution is -0.138. The van der Waals surface area contributed by atoms with E-state index in [1.807, 2.05) is 35.7 Å². The Kier molecular flexibility index (Phi) is 3.98. The van der Waals surface area contributed by atoms with E-state index >= 15 is 0 Å². The number of thioether (sulfide) groups is 1. The fourth-order valence-corrected chi connectivity index (χ4v) is 4.07. The van der Waals surface area contributed by atoms with Crippen molar-refractivity contribution in [1.29, 1.82) is 0 Å². The maximum atomic E-state index is 12.4. The number of fused-ring (bicyclic) bond motifs is 1. The van der Waals surface area contributed by atoms with Gasteiger partial charge in [0.1, 0.15) is 5.92 Å². The quantitative estimate of drug-likeness (QED) is 0.880. The summed E-state index contributed by atoms with van der Waals surface area (Å²) in [6, 6.07) is 11.2. The van der Waals surface area contributed by atoms with Crippen LogP contribution in [0.25, 0.3) is 0 Å². The van der Waals surface area contributed by atoms with Crippen molar-refractivity contribution in [3.63, 3.8) is 0 Å². The Labute approximate surface area is 130 Å². The van der Waals surface area contributed by atoms with Crippen LogP contribution in [0.3, 0.4) is 0 Å². The van der Waals surface area contributed by atoms with Gasteiger partial charge in [0.05, 0.1) is 9.96 Å². The van der Waals surface area contributed by atoms with Gasteiger partial charge in [0.25, 0.3) is 0 Å². The summed E-state index contributed by atoms with van der Waals surface area (Å²) in [5.74, 6) is -1.24. The molecular formula is C15H13NO3S2. The Hall–Kier alpha value is -1.79. The number of thiophene rings is 1. The van der Waals surface area contributed by atoms with E-state index in [2.05, 4.69) is 0 Å². The molecule has 1 aliphatic rings. The first-order valence-corrected chi connectivity index (χ1v) is 8.32. The van der Waals surface area contributed by atoms with E-state index in [0.717, 1.165) is 15.5 Å². The Morgan fingerprint density at radius 1 is 1.29 bits per heavy atom. The Morgan fingerprint density at radius 3 is 2.81 bits per heavy atom.